The van der Waals surface area contributed by atoms with Crippen LogP contribution in [0.3, 0.4) is 0 Å². The van der Waals surface area contributed by atoms with Crippen LogP contribution < -0.4 is 10.1 Å². The molecule has 0 saturated heterocycles. The molecule has 158 valence electrons. The molecule has 1 heterocycles. The van der Waals surface area contributed by atoms with Gasteiger partial charge in [-0.25, -0.2) is 13.8 Å². The number of benzene rings is 3. The number of H-pyrrole nitrogens is 1. The predicted molar refractivity (Wildman–Crippen MR) is 117 cm³/mol. The van der Waals surface area contributed by atoms with Gasteiger partial charge in [0, 0.05) is 6.07 Å². The molecule has 0 aliphatic carbocycles. The monoisotopic (exact) mass is 430 g/mol. The van der Waals surface area contributed by atoms with Crippen molar-refractivity contribution in [2.24, 2.45) is 0 Å². The van der Waals surface area contributed by atoms with Gasteiger partial charge in [0.1, 0.15) is 29.3 Å². The molecule has 0 unspecified atom stereocenters. The Bertz CT molecular complexity index is 1320. The number of rotatable bonds is 6. The minimum atomic E-state index is -0.868. The Morgan fingerprint density at radius 2 is 1.91 bits per heavy atom. The average Bonchev–Trinajstić information content (AvgIpc) is 3.23. The van der Waals surface area contributed by atoms with Crippen molar-refractivity contribution in [1.82, 2.24) is 9.97 Å². The van der Waals surface area contributed by atoms with Crippen molar-refractivity contribution < 1.29 is 18.3 Å². The number of aromatic nitrogens is 2. The van der Waals surface area contributed by atoms with Crippen LogP contribution in [-0.4, -0.2) is 22.5 Å². The summed E-state index contributed by atoms with van der Waals surface area (Å²) in [5.41, 5.74) is 2.59. The molecule has 6 nitrogen and oxygen atoms in total. The number of aromatic amines is 1. The van der Waals surface area contributed by atoms with Crippen molar-refractivity contribution in [3.8, 4) is 11.8 Å². The molecule has 0 aliphatic rings. The third-order valence-corrected chi connectivity index (χ3v) is 4.53. The summed E-state index contributed by atoms with van der Waals surface area (Å²) in [5.74, 6) is -1.30. The van der Waals surface area contributed by atoms with Gasteiger partial charge in [0.2, 0.25) is 0 Å². The fraction of sp³-hybridized carbons (Fsp3) is 0.0417. The summed E-state index contributed by atoms with van der Waals surface area (Å²) in [5, 5.41) is 11.8. The molecule has 4 aromatic rings. The first-order valence-corrected chi connectivity index (χ1v) is 9.56. The highest BCUT2D eigenvalue weighted by atomic mass is 19.1. The fourth-order valence-corrected chi connectivity index (χ4v) is 2.99. The molecule has 0 bridgehead atoms. The fourth-order valence-electron chi connectivity index (χ4n) is 2.99. The van der Waals surface area contributed by atoms with E-state index in [-0.39, 0.29) is 12.3 Å². The topological polar surface area (TPSA) is 90.8 Å². The number of imidazole rings is 1. The SMILES string of the molecule is N#C/C(=C\c1ccc(OCC(=O)Nc2ccc(F)cc2F)cc1)c1nc2ccccc2[nH]1. The Labute approximate surface area is 181 Å². The standard InChI is InChI=1S/C24H16F2N4O2/c25-17-7-10-20(19(26)12-17)28-23(31)14-32-18-8-5-15(6-9-18)11-16(13-27)24-29-21-3-1-2-4-22(21)30-24/h1-12H,14H2,(H,28,31)(H,29,30)/b16-11+. The first kappa shape index (κ1) is 20.8. The van der Waals surface area contributed by atoms with Crippen molar-refractivity contribution in [3.63, 3.8) is 0 Å². The van der Waals surface area contributed by atoms with Crippen molar-refractivity contribution >= 4 is 34.3 Å². The first-order chi connectivity index (χ1) is 15.5. The number of allylic oxidation sites excluding steroid dienone is 1. The largest absolute Gasteiger partial charge is 0.484 e. The second kappa shape index (κ2) is 9.10. The molecule has 0 aliphatic heterocycles. The summed E-state index contributed by atoms with van der Waals surface area (Å²) in [6, 6.07) is 19.3. The molecule has 1 amide bonds. The van der Waals surface area contributed by atoms with Crippen molar-refractivity contribution in [3.05, 3.63) is 89.8 Å². The zero-order chi connectivity index (χ0) is 22.5. The van der Waals surface area contributed by atoms with Crippen molar-refractivity contribution in [2.45, 2.75) is 0 Å². The van der Waals surface area contributed by atoms with Crippen LogP contribution in [0.15, 0.2) is 66.7 Å². The zero-order valence-corrected chi connectivity index (χ0v) is 16.6. The lowest BCUT2D eigenvalue weighted by Gasteiger charge is -2.08. The molecule has 0 spiro atoms. The number of para-hydroxylation sites is 2. The summed E-state index contributed by atoms with van der Waals surface area (Å²) in [6.45, 7) is -0.353. The number of carbonyl (C=O) groups excluding carboxylic acids is 1. The number of halogens is 2. The lowest BCUT2D eigenvalue weighted by molar-refractivity contribution is -0.118. The van der Waals surface area contributed by atoms with E-state index in [2.05, 4.69) is 21.4 Å². The predicted octanol–water partition coefficient (Wildman–Crippen LogP) is 4.92. The number of fused-ring (bicyclic) bond motifs is 1. The molecular formula is C24H16F2N4O2. The third-order valence-electron chi connectivity index (χ3n) is 4.53. The summed E-state index contributed by atoms with van der Waals surface area (Å²) >= 11 is 0. The van der Waals surface area contributed by atoms with Crippen LogP contribution in [0.25, 0.3) is 22.7 Å². The lowest BCUT2D eigenvalue weighted by atomic mass is 10.1. The Kier molecular flexibility index (Phi) is 5.90. The summed E-state index contributed by atoms with van der Waals surface area (Å²) in [7, 11) is 0. The number of nitriles is 1. The van der Waals surface area contributed by atoms with Crippen molar-refractivity contribution in [2.75, 3.05) is 11.9 Å². The number of hydrogen-bond donors (Lipinski definition) is 2. The second-order valence-electron chi connectivity index (χ2n) is 6.80. The molecule has 0 fully saturated rings. The van der Waals surface area contributed by atoms with Crippen molar-refractivity contribution in [1.29, 1.82) is 5.26 Å². The maximum atomic E-state index is 13.6. The minimum Gasteiger partial charge on any atom is -0.484 e. The van der Waals surface area contributed by atoms with E-state index < -0.39 is 17.5 Å². The Balaban J connectivity index is 1.40. The molecular weight excluding hydrogens is 414 g/mol. The molecule has 0 atom stereocenters. The molecule has 2 N–H and O–H groups in total. The van der Waals surface area contributed by atoms with Crippen LogP contribution in [0.2, 0.25) is 0 Å². The summed E-state index contributed by atoms with van der Waals surface area (Å²) in [4.78, 5) is 19.5. The maximum Gasteiger partial charge on any atom is 0.262 e. The van der Waals surface area contributed by atoms with Gasteiger partial charge in [0.15, 0.2) is 6.61 Å². The summed E-state index contributed by atoms with van der Waals surface area (Å²) < 4.78 is 31.9. The van der Waals surface area contributed by atoms with Crippen LogP contribution in [0, 0.1) is 23.0 Å². The molecule has 1 aromatic heterocycles. The number of ether oxygens (including phenoxy) is 1. The maximum absolute atomic E-state index is 13.6. The number of carbonyl (C=O) groups is 1. The van der Waals surface area contributed by atoms with E-state index in [0.29, 0.717) is 23.2 Å². The van der Waals surface area contributed by atoms with Gasteiger partial charge in [-0.05, 0) is 48.0 Å². The normalized spacial score (nSPS) is 11.2. The lowest BCUT2D eigenvalue weighted by Crippen LogP contribution is -2.20. The summed E-state index contributed by atoms with van der Waals surface area (Å²) in [6.07, 6.45) is 1.69. The number of amides is 1. The zero-order valence-electron chi connectivity index (χ0n) is 16.6. The van der Waals surface area contributed by atoms with E-state index in [4.69, 9.17) is 4.74 Å². The van der Waals surface area contributed by atoms with Gasteiger partial charge in [0.25, 0.3) is 5.91 Å². The molecule has 0 saturated carbocycles. The Morgan fingerprint density at radius 3 is 2.62 bits per heavy atom. The van der Waals surface area contributed by atoms with E-state index in [0.717, 1.165) is 28.7 Å². The van der Waals surface area contributed by atoms with Gasteiger partial charge < -0.3 is 15.0 Å². The van der Waals surface area contributed by atoms with Gasteiger partial charge in [0.05, 0.1) is 22.3 Å². The van der Waals surface area contributed by atoms with Crippen LogP contribution in [0.5, 0.6) is 5.75 Å². The quantitative estimate of drug-likeness (QED) is 0.425. The number of anilines is 1. The Hall–Kier alpha value is -4.51. The van der Waals surface area contributed by atoms with Gasteiger partial charge in [-0.3, -0.25) is 4.79 Å². The smallest absolute Gasteiger partial charge is 0.262 e. The van der Waals surface area contributed by atoms with Crippen LogP contribution in [0.4, 0.5) is 14.5 Å². The second-order valence-corrected chi connectivity index (χ2v) is 6.80. The first-order valence-electron chi connectivity index (χ1n) is 9.56. The van der Waals surface area contributed by atoms with Gasteiger partial charge in [-0.15, -0.1) is 0 Å². The van der Waals surface area contributed by atoms with E-state index in [1.165, 1.54) is 0 Å². The molecule has 32 heavy (non-hydrogen) atoms. The van der Waals surface area contributed by atoms with E-state index >= 15 is 0 Å². The van der Waals surface area contributed by atoms with Gasteiger partial charge >= 0.3 is 0 Å². The van der Waals surface area contributed by atoms with E-state index in [1.54, 1.807) is 30.3 Å². The highest BCUT2D eigenvalue weighted by Gasteiger charge is 2.10. The number of hydrogen-bond acceptors (Lipinski definition) is 4. The molecule has 3 aromatic carbocycles. The number of nitrogens with zero attached hydrogens (tertiary/aromatic N) is 2. The molecule has 4 rings (SSSR count). The Morgan fingerprint density at radius 1 is 1.12 bits per heavy atom. The average molecular weight is 430 g/mol. The highest BCUT2D eigenvalue weighted by molar-refractivity contribution is 5.92. The highest BCUT2D eigenvalue weighted by Crippen LogP contribution is 2.21. The molecule has 8 heteroatoms. The molecule has 0 radical (unpaired) electrons. The number of nitrogens with one attached hydrogen (secondary N) is 2. The van der Waals surface area contributed by atoms with Gasteiger partial charge in [-0.1, -0.05) is 24.3 Å². The van der Waals surface area contributed by atoms with E-state index in [1.807, 2.05) is 24.3 Å². The van der Waals surface area contributed by atoms with Crippen LogP contribution >= 0.6 is 0 Å². The van der Waals surface area contributed by atoms with Crippen LogP contribution in [-0.2, 0) is 4.79 Å². The van der Waals surface area contributed by atoms with Gasteiger partial charge in [-0.2, -0.15) is 5.26 Å². The van der Waals surface area contributed by atoms with E-state index in [9.17, 15) is 18.8 Å². The minimum absolute atomic E-state index is 0.130. The van der Waals surface area contributed by atoms with Crippen LogP contribution in [0.1, 0.15) is 11.4 Å². The third kappa shape index (κ3) is 4.79.